The van der Waals surface area contributed by atoms with Crippen molar-refractivity contribution < 1.29 is 23.8 Å². The van der Waals surface area contributed by atoms with Gasteiger partial charge in [-0.1, -0.05) is 26.0 Å². The highest BCUT2D eigenvalue weighted by atomic mass is 19.1. The zero-order valence-electron chi connectivity index (χ0n) is 15.8. The molecule has 0 fully saturated rings. The first-order valence-corrected chi connectivity index (χ1v) is 9.25. The number of benzene rings is 1. The van der Waals surface area contributed by atoms with Gasteiger partial charge in [0.1, 0.15) is 11.9 Å². The molecule has 0 spiro atoms. The first-order chi connectivity index (χ1) is 13.0. The summed E-state index contributed by atoms with van der Waals surface area (Å²) in [5.74, 6) is -0.648. The number of aryl methyl sites for hydroxylation is 1. The monoisotopic (exact) mass is 373 g/mol. The Bertz CT molecular complexity index is 852. The Morgan fingerprint density at radius 3 is 2.74 bits per heavy atom. The number of rotatable bonds is 5. The molecule has 1 N–H and O–H groups in total. The fraction of sp³-hybridized carbons (Fsp3) is 0.429. The Kier molecular flexibility index (Phi) is 5.75. The average Bonchev–Trinajstić information content (AvgIpc) is 2.67. The molecule has 27 heavy (non-hydrogen) atoms. The molecule has 0 saturated heterocycles. The van der Waals surface area contributed by atoms with Crippen molar-refractivity contribution in [2.45, 2.75) is 39.7 Å². The molecule has 3 rings (SSSR count). The lowest BCUT2D eigenvalue weighted by molar-refractivity contribution is 0.0491. The minimum Gasteiger partial charge on any atom is -0.471 e. The molecule has 0 saturated carbocycles. The van der Waals surface area contributed by atoms with Gasteiger partial charge in [-0.15, -0.1) is 0 Å². The number of aliphatic hydroxyl groups is 1. The highest BCUT2D eigenvalue weighted by Crippen LogP contribution is 2.38. The van der Waals surface area contributed by atoms with E-state index in [4.69, 9.17) is 9.47 Å². The number of esters is 1. The SMILES string of the molecule is CCOC(=O)c1cc(-c2ccc(CC)cc2F)c2c(n1)O[C@@H](CO)[C@@H](C)C2. The molecule has 0 radical (unpaired) electrons. The van der Waals surface area contributed by atoms with Crippen LogP contribution >= 0.6 is 0 Å². The average molecular weight is 373 g/mol. The second kappa shape index (κ2) is 8.05. The Balaban J connectivity index is 2.17. The number of carbonyl (C=O) groups is 1. The molecule has 2 heterocycles. The van der Waals surface area contributed by atoms with Crippen molar-refractivity contribution in [3.05, 3.63) is 46.9 Å². The predicted molar refractivity (Wildman–Crippen MR) is 99.3 cm³/mol. The maximum absolute atomic E-state index is 14.8. The second-order valence-electron chi connectivity index (χ2n) is 6.75. The zero-order chi connectivity index (χ0) is 19.6. The van der Waals surface area contributed by atoms with Gasteiger partial charge in [0.15, 0.2) is 5.69 Å². The number of fused-ring (bicyclic) bond motifs is 1. The van der Waals surface area contributed by atoms with E-state index in [1.807, 2.05) is 19.9 Å². The molecular formula is C21H24FNO4. The molecular weight excluding hydrogens is 349 g/mol. The van der Waals surface area contributed by atoms with Crippen molar-refractivity contribution in [1.29, 1.82) is 0 Å². The van der Waals surface area contributed by atoms with Crippen LogP contribution in [0.3, 0.4) is 0 Å². The van der Waals surface area contributed by atoms with Gasteiger partial charge in [-0.05, 0) is 48.9 Å². The molecule has 6 heteroatoms. The topological polar surface area (TPSA) is 68.7 Å². The van der Waals surface area contributed by atoms with Gasteiger partial charge < -0.3 is 14.6 Å². The fourth-order valence-corrected chi connectivity index (χ4v) is 3.32. The number of halogens is 1. The summed E-state index contributed by atoms with van der Waals surface area (Å²) in [4.78, 5) is 16.5. The fourth-order valence-electron chi connectivity index (χ4n) is 3.32. The second-order valence-corrected chi connectivity index (χ2v) is 6.75. The van der Waals surface area contributed by atoms with Crippen LogP contribution in [0.1, 0.15) is 42.4 Å². The molecule has 0 bridgehead atoms. The third kappa shape index (κ3) is 3.81. The number of ether oxygens (including phenoxy) is 2. The highest BCUT2D eigenvalue weighted by molar-refractivity contribution is 5.90. The van der Waals surface area contributed by atoms with Gasteiger partial charge in [0.2, 0.25) is 5.88 Å². The summed E-state index contributed by atoms with van der Waals surface area (Å²) >= 11 is 0. The smallest absolute Gasteiger partial charge is 0.357 e. The van der Waals surface area contributed by atoms with Crippen molar-refractivity contribution in [3.63, 3.8) is 0 Å². The zero-order valence-corrected chi connectivity index (χ0v) is 15.8. The number of aromatic nitrogens is 1. The summed E-state index contributed by atoms with van der Waals surface area (Å²) in [5, 5.41) is 9.53. The predicted octanol–water partition coefficient (Wildman–Crippen LogP) is 3.56. The van der Waals surface area contributed by atoms with E-state index in [0.29, 0.717) is 17.5 Å². The summed E-state index contributed by atoms with van der Waals surface area (Å²) in [6, 6.07) is 6.67. The Morgan fingerprint density at radius 2 is 2.11 bits per heavy atom. The third-order valence-electron chi connectivity index (χ3n) is 4.91. The molecule has 0 unspecified atom stereocenters. The summed E-state index contributed by atoms with van der Waals surface area (Å²) in [7, 11) is 0. The normalized spacial score (nSPS) is 18.6. The van der Waals surface area contributed by atoms with E-state index in [9.17, 15) is 14.3 Å². The van der Waals surface area contributed by atoms with E-state index < -0.39 is 12.1 Å². The Labute approximate surface area is 158 Å². The number of aliphatic hydroxyl groups excluding tert-OH is 1. The van der Waals surface area contributed by atoms with Gasteiger partial charge in [0, 0.05) is 11.1 Å². The number of carbonyl (C=O) groups excluding carboxylic acids is 1. The van der Waals surface area contributed by atoms with Gasteiger partial charge in [-0.2, -0.15) is 0 Å². The summed E-state index contributed by atoms with van der Waals surface area (Å²) in [6.07, 6.45) is 0.890. The van der Waals surface area contributed by atoms with Crippen LogP contribution in [0.5, 0.6) is 5.88 Å². The third-order valence-corrected chi connectivity index (χ3v) is 4.91. The van der Waals surface area contributed by atoms with E-state index >= 15 is 0 Å². The van der Waals surface area contributed by atoms with Crippen LogP contribution < -0.4 is 4.74 Å². The van der Waals surface area contributed by atoms with Gasteiger partial charge in [0.05, 0.1) is 13.2 Å². The Hall–Kier alpha value is -2.47. The minimum atomic E-state index is -0.588. The lowest BCUT2D eigenvalue weighted by Crippen LogP contribution is -2.35. The van der Waals surface area contributed by atoms with Crippen LogP contribution in [-0.4, -0.2) is 35.4 Å². The van der Waals surface area contributed by atoms with Crippen LogP contribution in [-0.2, 0) is 17.6 Å². The maximum atomic E-state index is 14.8. The van der Waals surface area contributed by atoms with Crippen LogP contribution in [0.15, 0.2) is 24.3 Å². The number of hydrogen-bond acceptors (Lipinski definition) is 5. The van der Waals surface area contributed by atoms with Crippen molar-refractivity contribution in [2.24, 2.45) is 5.92 Å². The van der Waals surface area contributed by atoms with E-state index in [1.54, 1.807) is 19.1 Å². The molecule has 1 aliphatic rings. The molecule has 1 aliphatic heterocycles. The molecule has 1 aromatic heterocycles. The van der Waals surface area contributed by atoms with E-state index in [0.717, 1.165) is 17.5 Å². The summed E-state index contributed by atoms with van der Waals surface area (Å²) in [6.45, 7) is 5.69. The Morgan fingerprint density at radius 1 is 1.33 bits per heavy atom. The number of pyridine rings is 1. The molecule has 1 aromatic carbocycles. The standard InChI is InChI=1S/C21H24FNO4/c1-4-13-6-7-14(17(22)9-13)15-10-18(21(25)26-5-2)23-20-16(15)8-12(3)19(11-24)27-20/h6-7,9-10,12,19,24H,4-5,8,11H2,1-3H3/t12-,19-/m0/s1. The van der Waals surface area contributed by atoms with Crippen molar-refractivity contribution in [2.75, 3.05) is 13.2 Å². The maximum Gasteiger partial charge on any atom is 0.357 e. The van der Waals surface area contributed by atoms with Crippen LogP contribution in [0.25, 0.3) is 11.1 Å². The van der Waals surface area contributed by atoms with Gasteiger partial charge in [0.25, 0.3) is 0 Å². The number of hydrogen-bond donors (Lipinski definition) is 1. The van der Waals surface area contributed by atoms with E-state index in [-0.39, 0.29) is 36.5 Å². The lowest BCUT2D eigenvalue weighted by atomic mass is 9.88. The van der Waals surface area contributed by atoms with Crippen molar-refractivity contribution >= 4 is 5.97 Å². The number of nitrogens with zero attached hydrogens (tertiary/aromatic N) is 1. The molecule has 2 aromatic rings. The molecule has 0 aliphatic carbocycles. The molecule has 0 amide bonds. The first-order valence-electron chi connectivity index (χ1n) is 9.25. The minimum absolute atomic E-state index is 0.0365. The largest absolute Gasteiger partial charge is 0.471 e. The summed E-state index contributed by atoms with van der Waals surface area (Å²) < 4.78 is 25.7. The van der Waals surface area contributed by atoms with Crippen LogP contribution in [0.4, 0.5) is 4.39 Å². The van der Waals surface area contributed by atoms with E-state index in [2.05, 4.69) is 4.98 Å². The molecule has 2 atom stereocenters. The first kappa shape index (κ1) is 19.3. The van der Waals surface area contributed by atoms with Crippen molar-refractivity contribution in [3.8, 4) is 17.0 Å². The van der Waals surface area contributed by atoms with Crippen LogP contribution in [0, 0.1) is 11.7 Å². The molecule has 144 valence electrons. The van der Waals surface area contributed by atoms with Gasteiger partial charge >= 0.3 is 5.97 Å². The quantitative estimate of drug-likeness (QED) is 0.812. The lowest BCUT2D eigenvalue weighted by Gasteiger charge is -2.31. The van der Waals surface area contributed by atoms with Gasteiger partial charge in [-0.3, -0.25) is 0 Å². The summed E-state index contributed by atoms with van der Waals surface area (Å²) in [5.41, 5.74) is 2.68. The van der Waals surface area contributed by atoms with Crippen LogP contribution in [0.2, 0.25) is 0 Å². The van der Waals surface area contributed by atoms with Crippen molar-refractivity contribution in [1.82, 2.24) is 4.98 Å². The highest BCUT2D eigenvalue weighted by Gasteiger charge is 2.31. The van der Waals surface area contributed by atoms with E-state index in [1.165, 1.54) is 6.07 Å². The van der Waals surface area contributed by atoms with Gasteiger partial charge in [-0.25, -0.2) is 14.2 Å². The molecule has 5 nitrogen and oxygen atoms in total.